The van der Waals surface area contributed by atoms with Crippen molar-refractivity contribution in [3.8, 4) is 0 Å². The van der Waals surface area contributed by atoms with E-state index < -0.39 is 0 Å². The molecule has 0 aliphatic heterocycles. The van der Waals surface area contributed by atoms with Crippen LogP contribution >= 0.6 is 0 Å². The maximum absolute atomic E-state index is 10.8. The van der Waals surface area contributed by atoms with E-state index in [1.807, 2.05) is 19.1 Å². The van der Waals surface area contributed by atoms with Gasteiger partial charge in [0, 0.05) is 12.5 Å². The van der Waals surface area contributed by atoms with Crippen molar-refractivity contribution in [2.24, 2.45) is 0 Å². The average molecular weight is 280 g/mol. The number of carbonyl (C=O) groups is 2. The van der Waals surface area contributed by atoms with Gasteiger partial charge in [-0.15, -0.1) is 0 Å². The molecule has 0 saturated carbocycles. The van der Waals surface area contributed by atoms with Crippen LogP contribution in [0.1, 0.15) is 39.0 Å². The van der Waals surface area contributed by atoms with E-state index in [0.29, 0.717) is 19.6 Å². The topological polar surface area (TPSA) is 52.6 Å². The normalized spacial score (nSPS) is 11.3. The zero-order valence-electron chi connectivity index (χ0n) is 12.2. The second-order valence-electron chi connectivity index (χ2n) is 4.13. The lowest BCUT2D eigenvalue weighted by Gasteiger charge is -2.06. The molecule has 0 rings (SSSR count). The lowest BCUT2D eigenvalue weighted by molar-refractivity contribution is -0.137. The first-order valence-corrected chi connectivity index (χ1v) is 6.93. The van der Waals surface area contributed by atoms with Crippen LogP contribution in [0.15, 0.2) is 36.6 Å². The van der Waals surface area contributed by atoms with Crippen LogP contribution in [0.25, 0.3) is 0 Å². The zero-order valence-corrected chi connectivity index (χ0v) is 12.2. The van der Waals surface area contributed by atoms with Crippen molar-refractivity contribution in [2.75, 3.05) is 13.2 Å². The summed E-state index contributed by atoms with van der Waals surface area (Å²) < 4.78 is 10.4. The van der Waals surface area contributed by atoms with Crippen LogP contribution < -0.4 is 0 Å². The van der Waals surface area contributed by atoms with Gasteiger partial charge in [-0.1, -0.05) is 12.7 Å². The minimum Gasteiger partial charge on any atom is -0.494 e. The Morgan fingerprint density at radius 1 is 1.10 bits per heavy atom. The molecule has 0 aromatic carbocycles. The summed E-state index contributed by atoms with van der Waals surface area (Å²) in [6.07, 6.45) is 11.7. The molecule has 0 spiro atoms. The summed E-state index contributed by atoms with van der Waals surface area (Å²) in [5, 5.41) is 0. The number of allylic oxidation sites excluding steroid dienone is 3. The van der Waals surface area contributed by atoms with Crippen molar-refractivity contribution in [1.82, 2.24) is 0 Å². The molecular formula is C16H24O4. The lowest BCUT2D eigenvalue weighted by Crippen LogP contribution is -2.01. The first-order valence-electron chi connectivity index (χ1n) is 6.93. The molecule has 0 atom stereocenters. The lowest BCUT2D eigenvalue weighted by atomic mass is 10.2. The molecule has 0 aliphatic rings. The first-order chi connectivity index (χ1) is 9.74. The van der Waals surface area contributed by atoms with E-state index >= 15 is 0 Å². The molecule has 0 radical (unpaired) electrons. The van der Waals surface area contributed by atoms with Crippen molar-refractivity contribution >= 4 is 12.3 Å². The summed E-state index contributed by atoms with van der Waals surface area (Å²) >= 11 is 0. The minimum atomic E-state index is -0.367. The largest absolute Gasteiger partial charge is 0.494 e. The SMILES string of the molecule is C=CC(=O)OCCCCCCOC(/C=C\CC=O)=C/C. The van der Waals surface area contributed by atoms with E-state index in [4.69, 9.17) is 9.47 Å². The van der Waals surface area contributed by atoms with E-state index in [-0.39, 0.29) is 5.97 Å². The fraction of sp³-hybridized carbons (Fsp3) is 0.500. The maximum Gasteiger partial charge on any atom is 0.330 e. The number of hydrogen-bond donors (Lipinski definition) is 0. The van der Waals surface area contributed by atoms with Gasteiger partial charge in [-0.3, -0.25) is 0 Å². The molecule has 112 valence electrons. The average Bonchev–Trinajstić information content (AvgIpc) is 2.47. The van der Waals surface area contributed by atoms with Crippen molar-refractivity contribution < 1.29 is 19.1 Å². The van der Waals surface area contributed by atoms with Gasteiger partial charge in [0.25, 0.3) is 0 Å². The Balaban J connectivity index is 3.49. The van der Waals surface area contributed by atoms with E-state index in [1.54, 1.807) is 6.08 Å². The van der Waals surface area contributed by atoms with Gasteiger partial charge in [-0.2, -0.15) is 0 Å². The van der Waals surface area contributed by atoms with Gasteiger partial charge in [0.2, 0.25) is 0 Å². The number of ether oxygens (including phenoxy) is 2. The fourth-order valence-electron chi connectivity index (χ4n) is 1.45. The molecule has 0 heterocycles. The van der Waals surface area contributed by atoms with Crippen LogP contribution in [0.2, 0.25) is 0 Å². The molecular weight excluding hydrogens is 256 g/mol. The first kappa shape index (κ1) is 18.2. The van der Waals surface area contributed by atoms with Crippen LogP contribution in [0.4, 0.5) is 0 Å². The Kier molecular flexibility index (Phi) is 12.3. The van der Waals surface area contributed by atoms with Crippen LogP contribution in [0.3, 0.4) is 0 Å². The summed E-state index contributed by atoms with van der Waals surface area (Å²) in [5.74, 6) is 0.417. The molecule has 20 heavy (non-hydrogen) atoms. The Labute approximate surface area is 121 Å². The molecule has 0 saturated heterocycles. The highest BCUT2D eigenvalue weighted by molar-refractivity contribution is 5.81. The van der Waals surface area contributed by atoms with Crippen molar-refractivity contribution in [1.29, 1.82) is 0 Å². The third-order valence-electron chi connectivity index (χ3n) is 2.52. The quantitative estimate of drug-likeness (QED) is 0.137. The van der Waals surface area contributed by atoms with Crippen molar-refractivity contribution in [2.45, 2.75) is 39.0 Å². The highest BCUT2D eigenvalue weighted by Gasteiger charge is 1.96. The predicted molar refractivity (Wildman–Crippen MR) is 79.2 cm³/mol. The number of unbranched alkanes of at least 4 members (excludes halogenated alkanes) is 3. The summed E-state index contributed by atoms with van der Waals surface area (Å²) in [6.45, 7) is 6.32. The zero-order chi connectivity index (χ0) is 15.1. The standard InChI is InChI=1S/C16H24O4/c1-3-15(11-7-8-12-17)19-13-9-5-6-10-14-20-16(18)4-2/h3-4,7,11-12H,2,5-6,8-10,13-14H2,1H3/b11-7-,15-3+. The molecule has 0 amide bonds. The van der Waals surface area contributed by atoms with Crippen LogP contribution in [-0.4, -0.2) is 25.5 Å². The fourth-order valence-corrected chi connectivity index (χ4v) is 1.45. The van der Waals surface area contributed by atoms with E-state index in [0.717, 1.165) is 37.7 Å². The van der Waals surface area contributed by atoms with Crippen LogP contribution in [0, 0.1) is 0 Å². The molecule has 0 aliphatic carbocycles. The number of rotatable bonds is 12. The smallest absolute Gasteiger partial charge is 0.330 e. The van der Waals surface area contributed by atoms with Gasteiger partial charge in [-0.25, -0.2) is 4.79 Å². The summed E-state index contributed by atoms with van der Waals surface area (Å²) in [6, 6.07) is 0. The van der Waals surface area contributed by atoms with E-state index in [1.165, 1.54) is 6.08 Å². The van der Waals surface area contributed by atoms with Gasteiger partial charge in [0.1, 0.15) is 12.0 Å². The third-order valence-corrected chi connectivity index (χ3v) is 2.52. The Bertz CT molecular complexity index is 342. The summed E-state index contributed by atoms with van der Waals surface area (Å²) in [7, 11) is 0. The van der Waals surface area contributed by atoms with Gasteiger partial charge in [0.15, 0.2) is 0 Å². The number of carbonyl (C=O) groups excluding carboxylic acids is 2. The molecule has 4 heteroatoms. The third kappa shape index (κ3) is 11.3. The molecule has 0 fully saturated rings. The summed E-state index contributed by atoms with van der Waals surface area (Å²) in [4.78, 5) is 20.9. The monoisotopic (exact) mass is 280 g/mol. The summed E-state index contributed by atoms with van der Waals surface area (Å²) in [5.41, 5.74) is 0. The number of aldehydes is 1. The maximum atomic E-state index is 10.8. The second-order valence-corrected chi connectivity index (χ2v) is 4.13. The highest BCUT2D eigenvalue weighted by atomic mass is 16.5. The highest BCUT2D eigenvalue weighted by Crippen LogP contribution is 2.05. The van der Waals surface area contributed by atoms with Crippen LogP contribution in [-0.2, 0) is 19.1 Å². The Morgan fingerprint density at radius 3 is 2.30 bits per heavy atom. The van der Waals surface area contributed by atoms with Crippen LogP contribution in [0.5, 0.6) is 0 Å². The molecule has 0 unspecified atom stereocenters. The number of esters is 1. The van der Waals surface area contributed by atoms with Gasteiger partial charge in [-0.05, 0) is 44.8 Å². The molecule has 0 aromatic heterocycles. The molecule has 0 aromatic rings. The molecule has 4 nitrogen and oxygen atoms in total. The van der Waals surface area contributed by atoms with Crippen molar-refractivity contribution in [3.05, 3.63) is 36.6 Å². The Hall–Kier alpha value is -1.84. The van der Waals surface area contributed by atoms with Gasteiger partial charge < -0.3 is 14.3 Å². The van der Waals surface area contributed by atoms with Gasteiger partial charge >= 0.3 is 5.97 Å². The van der Waals surface area contributed by atoms with E-state index in [9.17, 15) is 9.59 Å². The predicted octanol–water partition coefficient (Wildman–Crippen LogP) is 3.34. The van der Waals surface area contributed by atoms with Crippen molar-refractivity contribution in [3.63, 3.8) is 0 Å². The molecule has 0 bridgehead atoms. The Morgan fingerprint density at radius 2 is 1.75 bits per heavy atom. The van der Waals surface area contributed by atoms with Gasteiger partial charge in [0.05, 0.1) is 13.2 Å². The van der Waals surface area contributed by atoms with E-state index in [2.05, 4.69) is 6.58 Å². The molecule has 0 N–H and O–H groups in total. The number of hydrogen-bond acceptors (Lipinski definition) is 4. The minimum absolute atomic E-state index is 0.367. The second kappa shape index (κ2) is 13.6.